The molecule has 0 N–H and O–H groups in total. The molecule has 0 aliphatic carbocycles. The summed E-state index contributed by atoms with van der Waals surface area (Å²) in [7, 11) is 0. The average molecular weight is 292 g/mol. The lowest BCUT2D eigenvalue weighted by molar-refractivity contribution is -0.140. The molecular formula is C12H12N4O3S. The van der Waals surface area contributed by atoms with Crippen LogP contribution in [0.3, 0.4) is 0 Å². The normalized spacial score (nSPS) is 14.9. The van der Waals surface area contributed by atoms with Crippen molar-refractivity contribution >= 4 is 17.2 Å². The minimum Gasteiger partial charge on any atom is -0.463 e. The van der Waals surface area contributed by atoms with Gasteiger partial charge >= 0.3 is 5.69 Å². The van der Waals surface area contributed by atoms with E-state index in [9.17, 15) is 9.59 Å². The minimum atomic E-state index is -0.419. The highest BCUT2D eigenvalue weighted by Gasteiger charge is 2.32. The van der Waals surface area contributed by atoms with E-state index in [-0.39, 0.29) is 18.6 Å². The quantitative estimate of drug-likeness (QED) is 0.792. The molecule has 0 unspecified atom stereocenters. The van der Waals surface area contributed by atoms with Crippen LogP contribution < -0.4 is 10.4 Å². The van der Waals surface area contributed by atoms with E-state index >= 15 is 0 Å². The van der Waals surface area contributed by atoms with Crippen LogP contribution in [0.15, 0.2) is 34.8 Å². The van der Waals surface area contributed by atoms with Gasteiger partial charge in [-0.25, -0.2) is 14.8 Å². The third-order valence-corrected chi connectivity index (χ3v) is 3.63. The molecule has 1 aliphatic rings. The SMILES string of the molecule is O=C(Cn1cccnc1=O)N1CC(Oc2nccs2)C1. The summed E-state index contributed by atoms with van der Waals surface area (Å²) in [5.41, 5.74) is -0.419. The zero-order valence-corrected chi connectivity index (χ0v) is 11.3. The van der Waals surface area contributed by atoms with Crippen LogP contribution in [-0.4, -0.2) is 44.5 Å². The van der Waals surface area contributed by atoms with Crippen molar-refractivity contribution in [3.8, 4) is 5.19 Å². The number of nitrogens with zero attached hydrogens (tertiary/aromatic N) is 4. The Bertz CT molecular complexity index is 649. The molecule has 3 heterocycles. The summed E-state index contributed by atoms with van der Waals surface area (Å²) >= 11 is 1.42. The van der Waals surface area contributed by atoms with Crippen LogP contribution in [0.25, 0.3) is 0 Å². The number of thiazole rings is 1. The van der Waals surface area contributed by atoms with E-state index in [4.69, 9.17) is 4.74 Å². The van der Waals surface area contributed by atoms with Crippen molar-refractivity contribution in [1.82, 2.24) is 19.4 Å². The van der Waals surface area contributed by atoms with Crippen molar-refractivity contribution in [2.75, 3.05) is 13.1 Å². The summed E-state index contributed by atoms with van der Waals surface area (Å²) in [4.78, 5) is 32.7. The Kier molecular flexibility index (Phi) is 3.46. The van der Waals surface area contributed by atoms with Gasteiger partial charge in [0.25, 0.3) is 5.19 Å². The maximum Gasteiger partial charge on any atom is 0.347 e. The van der Waals surface area contributed by atoms with Gasteiger partial charge in [-0.3, -0.25) is 9.36 Å². The Morgan fingerprint density at radius 1 is 1.40 bits per heavy atom. The molecule has 1 fully saturated rings. The Labute approximate surface area is 118 Å². The van der Waals surface area contributed by atoms with Gasteiger partial charge in [0, 0.05) is 24.0 Å². The van der Waals surface area contributed by atoms with Crippen molar-refractivity contribution in [2.45, 2.75) is 12.6 Å². The van der Waals surface area contributed by atoms with Gasteiger partial charge in [0.1, 0.15) is 12.6 Å². The molecule has 1 aliphatic heterocycles. The van der Waals surface area contributed by atoms with Crippen LogP contribution in [-0.2, 0) is 11.3 Å². The molecule has 20 heavy (non-hydrogen) atoms. The first kappa shape index (κ1) is 12.8. The molecule has 104 valence electrons. The zero-order chi connectivity index (χ0) is 13.9. The second-order valence-corrected chi connectivity index (χ2v) is 5.22. The molecule has 3 rings (SSSR count). The van der Waals surface area contributed by atoms with E-state index in [0.29, 0.717) is 18.3 Å². The summed E-state index contributed by atoms with van der Waals surface area (Å²) in [5.74, 6) is -0.112. The third-order valence-electron chi connectivity index (χ3n) is 2.97. The van der Waals surface area contributed by atoms with Crippen molar-refractivity contribution < 1.29 is 9.53 Å². The van der Waals surface area contributed by atoms with Crippen molar-refractivity contribution in [1.29, 1.82) is 0 Å². The molecule has 0 aromatic carbocycles. The highest BCUT2D eigenvalue weighted by atomic mass is 32.1. The smallest absolute Gasteiger partial charge is 0.347 e. The van der Waals surface area contributed by atoms with Gasteiger partial charge in [-0.05, 0) is 6.07 Å². The minimum absolute atomic E-state index is 0.0106. The van der Waals surface area contributed by atoms with Crippen LogP contribution in [0.5, 0.6) is 5.19 Å². The summed E-state index contributed by atoms with van der Waals surface area (Å²) in [5, 5.41) is 2.46. The fraction of sp³-hybridized carbons (Fsp3) is 0.333. The Morgan fingerprint density at radius 3 is 2.95 bits per heavy atom. The number of carbonyl (C=O) groups is 1. The van der Waals surface area contributed by atoms with E-state index in [0.717, 1.165) is 0 Å². The topological polar surface area (TPSA) is 77.3 Å². The molecule has 0 saturated carbocycles. The summed E-state index contributed by atoms with van der Waals surface area (Å²) in [6, 6.07) is 1.62. The van der Waals surface area contributed by atoms with Gasteiger partial charge < -0.3 is 9.64 Å². The van der Waals surface area contributed by atoms with E-state index in [2.05, 4.69) is 9.97 Å². The molecule has 8 heteroatoms. The number of aromatic nitrogens is 3. The van der Waals surface area contributed by atoms with E-state index < -0.39 is 5.69 Å². The van der Waals surface area contributed by atoms with Crippen LogP contribution in [0.2, 0.25) is 0 Å². The number of carbonyl (C=O) groups excluding carboxylic acids is 1. The first-order chi connectivity index (χ1) is 9.72. The van der Waals surface area contributed by atoms with Gasteiger partial charge in [-0.2, -0.15) is 0 Å². The number of amides is 1. The van der Waals surface area contributed by atoms with Crippen LogP contribution in [0, 0.1) is 0 Å². The largest absolute Gasteiger partial charge is 0.463 e. The monoisotopic (exact) mass is 292 g/mol. The van der Waals surface area contributed by atoms with Gasteiger partial charge in [0.15, 0.2) is 0 Å². The fourth-order valence-corrected chi connectivity index (χ4v) is 2.43. The lowest BCUT2D eigenvalue weighted by Gasteiger charge is -2.38. The predicted octanol–water partition coefficient (Wildman–Crippen LogP) is -0.0104. The lowest BCUT2D eigenvalue weighted by atomic mass is 10.1. The highest BCUT2D eigenvalue weighted by molar-refractivity contribution is 7.11. The van der Waals surface area contributed by atoms with Crippen molar-refractivity contribution in [3.05, 3.63) is 40.5 Å². The van der Waals surface area contributed by atoms with E-state index in [1.54, 1.807) is 23.4 Å². The first-order valence-corrected chi connectivity index (χ1v) is 6.96. The molecule has 0 bridgehead atoms. The van der Waals surface area contributed by atoms with E-state index in [1.165, 1.54) is 22.1 Å². The molecular weight excluding hydrogens is 280 g/mol. The molecule has 2 aromatic heterocycles. The molecule has 1 amide bonds. The predicted molar refractivity (Wildman–Crippen MR) is 71.6 cm³/mol. The molecule has 2 aromatic rings. The summed E-state index contributed by atoms with van der Waals surface area (Å²) in [6.45, 7) is 1.05. The summed E-state index contributed by atoms with van der Waals surface area (Å²) < 4.78 is 6.87. The Hall–Kier alpha value is -2.22. The summed E-state index contributed by atoms with van der Waals surface area (Å²) in [6.07, 6.45) is 4.62. The molecule has 7 nitrogen and oxygen atoms in total. The van der Waals surface area contributed by atoms with Gasteiger partial charge in [0.2, 0.25) is 5.91 Å². The van der Waals surface area contributed by atoms with Crippen molar-refractivity contribution in [2.24, 2.45) is 0 Å². The Morgan fingerprint density at radius 2 is 2.25 bits per heavy atom. The number of ether oxygens (including phenoxy) is 1. The highest BCUT2D eigenvalue weighted by Crippen LogP contribution is 2.20. The first-order valence-electron chi connectivity index (χ1n) is 6.08. The molecule has 0 atom stereocenters. The maximum atomic E-state index is 12.0. The third kappa shape index (κ3) is 2.69. The number of hydrogen-bond acceptors (Lipinski definition) is 6. The van der Waals surface area contributed by atoms with Crippen LogP contribution in [0.4, 0.5) is 0 Å². The van der Waals surface area contributed by atoms with Gasteiger partial charge in [-0.15, -0.1) is 0 Å². The number of likely N-dealkylation sites (tertiary alicyclic amines) is 1. The second kappa shape index (κ2) is 5.41. The fourth-order valence-electron chi connectivity index (χ4n) is 1.88. The standard InChI is InChI=1S/C12H12N4O3S/c17-10(8-15-4-1-2-13-11(15)18)16-6-9(7-16)19-12-14-3-5-20-12/h1-5,9H,6-8H2. The van der Waals surface area contributed by atoms with Crippen LogP contribution in [0.1, 0.15) is 0 Å². The number of hydrogen-bond donors (Lipinski definition) is 0. The molecule has 0 spiro atoms. The molecule has 0 radical (unpaired) electrons. The van der Waals surface area contributed by atoms with E-state index in [1.807, 2.05) is 5.38 Å². The second-order valence-electron chi connectivity index (χ2n) is 4.37. The maximum absolute atomic E-state index is 12.0. The zero-order valence-electron chi connectivity index (χ0n) is 10.5. The number of rotatable bonds is 4. The lowest BCUT2D eigenvalue weighted by Crippen LogP contribution is -2.57. The van der Waals surface area contributed by atoms with Gasteiger partial charge in [-0.1, -0.05) is 11.3 Å². The van der Waals surface area contributed by atoms with Gasteiger partial charge in [0.05, 0.1) is 13.1 Å². The molecule has 1 saturated heterocycles. The van der Waals surface area contributed by atoms with Crippen molar-refractivity contribution in [3.63, 3.8) is 0 Å². The Balaban J connectivity index is 1.51. The average Bonchev–Trinajstić information content (AvgIpc) is 2.89. The van der Waals surface area contributed by atoms with Crippen LogP contribution >= 0.6 is 11.3 Å².